The second kappa shape index (κ2) is 6.79. The molecule has 1 aliphatic heterocycles. The lowest BCUT2D eigenvalue weighted by atomic mass is 10.0. The van der Waals surface area contributed by atoms with Crippen LogP contribution in [0.2, 0.25) is 0 Å². The lowest BCUT2D eigenvalue weighted by Gasteiger charge is -2.32. The number of likely N-dealkylation sites (tertiary alicyclic amines) is 1. The van der Waals surface area contributed by atoms with Gasteiger partial charge in [-0.25, -0.2) is 13.9 Å². The Morgan fingerprint density at radius 1 is 1.22 bits per heavy atom. The summed E-state index contributed by atoms with van der Waals surface area (Å²) < 4.78 is 16.0. The van der Waals surface area contributed by atoms with E-state index in [0.717, 1.165) is 42.5 Å². The molecule has 0 radical (unpaired) electrons. The Bertz CT molecular complexity index is 921. The zero-order chi connectivity index (χ0) is 19.1. The number of rotatable bonds is 3. The molecule has 0 unspecified atom stereocenters. The van der Waals surface area contributed by atoms with Crippen molar-refractivity contribution in [1.82, 2.24) is 14.7 Å². The van der Waals surface area contributed by atoms with Gasteiger partial charge in [0.15, 0.2) is 5.69 Å². The van der Waals surface area contributed by atoms with Gasteiger partial charge in [-0.15, -0.1) is 0 Å². The van der Waals surface area contributed by atoms with E-state index in [1.807, 2.05) is 13.0 Å². The number of carbonyl (C=O) groups is 2. The third kappa shape index (κ3) is 3.01. The van der Waals surface area contributed by atoms with Gasteiger partial charge in [-0.3, -0.25) is 4.79 Å². The van der Waals surface area contributed by atoms with Gasteiger partial charge >= 0.3 is 5.97 Å². The molecule has 1 aromatic heterocycles. The number of hydrogen-bond donors (Lipinski definition) is 1. The first-order valence-electron chi connectivity index (χ1n) is 9.38. The molecule has 0 bridgehead atoms. The van der Waals surface area contributed by atoms with Gasteiger partial charge in [0, 0.05) is 17.8 Å². The number of aliphatic carboxylic acids is 1. The first-order valence-corrected chi connectivity index (χ1v) is 9.38. The molecule has 1 aliphatic carbocycles. The summed E-state index contributed by atoms with van der Waals surface area (Å²) in [5.74, 6) is -1.72. The summed E-state index contributed by atoms with van der Waals surface area (Å²) >= 11 is 0. The van der Waals surface area contributed by atoms with Gasteiger partial charge in [-0.1, -0.05) is 6.07 Å². The fraction of sp³-hybridized carbons (Fsp3) is 0.450. The molecular formula is C20H22FN3O3. The van der Waals surface area contributed by atoms with E-state index in [0.29, 0.717) is 25.1 Å². The topological polar surface area (TPSA) is 75.4 Å². The number of nitrogens with zero attached hydrogens (tertiary/aromatic N) is 3. The van der Waals surface area contributed by atoms with E-state index in [1.54, 1.807) is 6.07 Å². The van der Waals surface area contributed by atoms with E-state index >= 15 is 0 Å². The smallest absolute Gasteiger partial charge is 0.326 e. The van der Waals surface area contributed by atoms with Gasteiger partial charge in [0.05, 0.1) is 0 Å². The van der Waals surface area contributed by atoms with Crippen LogP contribution in [0.15, 0.2) is 18.2 Å². The number of piperidine rings is 1. The van der Waals surface area contributed by atoms with E-state index in [4.69, 9.17) is 0 Å². The predicted molar refractivity (Wildman–Crippen MR) is 96.6 cm³/mol. The van der Waals surface area contributed by atoms with E-state index in [-0.39, 0.29) is 17.4 Å². The third-order valence-electron chi connectivity index (χ3n) is 5.51. The van der Waals surface area contributed by atoms with Gasteiger partial charge in [-0.05, 0) is 63.1 Å². The van der Waals surface area contributed by atoms with Crippen molar-refractivity contribution in [2.24, 2.45) is 0 Å². The van der Waals surface area contributed by atoms with Crippen LogP contribution in [0, 0.1) is 12.7 Å². The fourth-order valence-electron chi connectivity index (χ4n) is 4.16. The maximum Gasteiger partial charge on any atom is 0.326 e. The number of amides is 1. The molecule has 0 saturated carbocycles. The van der Waals surface area contributed by atoms with E-state index in [2.05, 4.69) is 5.10 Å². The summed E-state index contributed by atoms with van der Waals surface area (Å²) in [6.45, 7) is 2.23. The molecule has 1 fully saturated rings. The number of carboxylic acids is 1. The summed E-state index contributed by atoms with van der Waals surface area (Å²) in [4.78, 5) is 26.1. The molecule has 142 valence electrons. The van der Waals surface area contributed by atoms with Crippen LogP contribution in [-0.2, 0) is 17.6 Å². The molecule has 0 spiro atoms. The number of carbonyl (C=O) groups excluding carboxylic acids is 1. The number of fused-ring (bicyclic) bond motifs is 1. The first kappa shape index (κ1) is 17.7. The summed E-state index contributed by atoms with van der Waals surface area (Å²) in [6.07, 6.45) is 4.34. The quantitative estimate of drug-likeness (QED) is 0.900. The minimum atomic E-state index is -0.983. The van der Waals surface area contributed by atoms with Crippen LogP contribution in [0.25, 0.3) is 5.69 Å². The van der Waals surface area contributed by atoms with Crippen LogP contribution in [0.5, 0.6) is 0 Å². The second-order valence-corrected chi connectivity index (χ2v) is 7.34. The summed E-state index contributed by atoms with van der Waals surface area (Å²) in [6, 6.07) is 4.12. The maximum absolute atomic E-state index is 14.5. The Morgan fingerprint density at radius 3 is 2.78 bits per heavy atom. The van der Waals surface area contributed by atoms with Crippen LogP contribution in [0.1, 0.15) is 53.0 Å². The maximum atomic E-state index is 14.5. The van der Waals surface area contributed by atoms with Crippen molar-refractivity contribution in [2.45, 2.75) is 51.5 Å². The molecular weight excluding hydrogens is 349 g/mol. The van der Waals surface area contributed by atoms with Crippen LogP contribution in [-0.4, -0.2) is 44.3 Å². The van der Waals surface area contributed by atoms with Crippen molar-refractivity contribution in [2.75, 3.05) is 6.54 Å². The van der Waals surface area contributed by atoms with E-state index < -0.39 is 12.0 Å². The largest absolute Gasteiger partial charge is 0.480 e. The molecule has 2 aliphatic rings. The molecule has 7 heteroatoms. The molecule has 1 amide bonds. The standard InChI is InChI=1S/C20H22FN3O3/c1-12-8-9-16(14(21)11-12)24-15-7-4-5-13(15)18(22-24)19(25)23-10-3-2-6-17(23)20(26)27/h8-9,11,17H,2-7,10H2,1H3,(H,26,27)/t17-/m1/s1. The minimum Gasteiger partial charge on any atom is -0.480 e. The zero-order valence-electron chi connectivity index (χ0n) is 15.2. The monoisotopic (exact) mass is 371 g/mol. The van der Waals surface area contributed by atoms with Gasteiger partial charge in [-0.2, -0.15) is 5.10 Å². The lowest BCUT2D eigenvalue weighted by molar-refractivity contribution is -0.143. The zero-order valence-corrected chi connectivity index (χ0v) is 15.2. The predicted octanol–water partition coefficient (Wildman–Crippen LogP) is 2.89. The number of aryl methyl sites for hydroxylation is 1. The number of benzene rings is 1. The Kier molecular flexibility index (Phi) is 4.45. The molecule has 1 saturated heterocycles. The fourth-order valence-corrected chi connectivity index (χ4v) is 4.16. The molecule has 27 heavy (non-hydrogen) atoms. The Hall–Kier alpha value is -2.70. The van der Waals surface area contributed by atoms with Gasteiger partial charge in [0.25, 0.3) is 5.91 Å². The number of carboxylic acid groups (broad SMARTS) is 1. The Balaban J connectivity index is 1.76. The van der Waals surface area contributed by atoms with Gasteiger partial charge < -0.3 is 10.0 Å². The van der Waals surface area contributed by atoms with Crippen molar-refractivity contribution < 1.29 is 19.1 Å². The second-order valence-electron chi connectivity index (χ2n) is 7.34. The highest BCUT2D eigenvalue weighted by atomic mass is 19.1. The van der Waals surface area contributed by atoms with Crippen molar-refractivity contribution >= 4 is 11.9 Å². The molecule has 1 aromatic carbocycles. The number of hydrogen-bond acceptors (Lipinski definition) is 3. The molecule has 4 rings (SSSR count). The highest BCUT2D eigenvalue weighted by Gasteiger charge is 2.36. The summed E-state index contributed by atoms with van der Waals surface area (Å²) in [5, 5.41) is 13.9. The van der Waals surface area contributed by atoms with Gasteiger partial charge in [0.2, 0.25) is 0 Å². The van der Waals surface area contributed by atoms with Crippen LogP contribution < -0.4 is 0 Å². The van der Waals surface area contributed by atoms with Crippen LogP contribution in [0.3, 0.4) is 0 Å². The molecule has 1 N–H and O–H groups in total. The highest BCUT2D eigenvalue weighted by Crippen LogP contribution is 2.31. The first-order chi connectivity index (χ1) is 13.0. The van der Waals surface area contributed by atoms with Gasteiger partial charge in [0.1, 0.15) is 17.5 Å². The molecule has 2 aromatic rings. The van der Waals surface area contributed by atoms with Crippen molar-refractivity contribution in [3.8, 4) is 5.69 Å². The van der Waals surface area contributed by atoms with Crippen LogP contribution >= 0.6 is 0 Å². The summed E-state index contributed by atoms with van der Waals surface area (Å²) in [7, 11) is 0. The lowest BCUT2D eigenvalue weighted by Crippen LogP contribution is -2.48. The van der Waals surface area contributed by atoms with E-state index in [1.165, 1.54) is 15.6 Å². The van der Waals surface area contributed by atoms with Crippen molar-refractivity contribution in [3.05, 3.63) is 46.5 Å². The van der Waals surface area contributed by atoms with Crippen LogP contribution in [0.4, 0.5) is 4.39 Å². The Labute approximate surface area is 156 Å². The number of halogens is 1. The van der Waals surface area contributed by atoms with E-state index in [9.17, 15) is 19.1 Å². The third-order valence-corrected chi connectivity index (χ3v) is 5.51. The minimum absolute atomic E-state index is 0.274. The molecule has 6 nitrogen and oxygen atoms in total. The average Bonchev–Trinajstić information content (AvgIpc) is 3.24. The normalized spacial score (nSPS) is 19.2. The Morgan fingerprint density at radius 2 is 2.04 bits per heavy atom. The van der Waals surface area contributed by atoms with Crippen molar-refractivity contribution in [3.63, 3.8) is 0 Å². The molecule has 1 atom stereocenters. The molecule has 2 heterocycles. The SMILES string of the molecule is Cc1ccc(-n2nc(C(=O)N3CCCC[C@@H]3C(=O)O)c3c2CCC3)c(F)c1. The highest BCUT2D eigenvalue weighted by molar-refractivity contribution is 5.96. The number of aromatic nitrogens is 2. The summed E-state index contributed by atoms with van der Waals surface area (Å²) in [5.41, 5.74) is 3.09. The van der Waals surface area contributed by atoms with Crippen molar-refractivity contribution in [1.29, 1.82) is 0 Å². The average molecular weight is 371 g/mol.